The number of nitrogens with zero attached hydrogens (tertiary/aromatic N) is 4. The Balaban J connectivity index is 1.86. The maximum Gasteiger partial charge on any atom is 0.261 e. The quantitative estimate of drug-likeness (QED) is 0.543. The molecule has 0 spiro atoms. The number of para-hydroxylation sites is 1. The summed E-state index contributed by atoms with van der Waals surface area (Å²) in [5, 5.41) is 5.25. The fourth-order valence-corrected chi connectivity index (χ4v) is 2.88. The van der Waals surface area contributed by atoms with Crippen LogP contribution in [0.4, 0.5) is 0 Å². The van der Waals surface area contributed by atoms with E-state index in [1.165, 1.54) is 11.8 Å². The molecule has 0 radical (unpaired) electrons. The van der Waals surface area contributed by atoms with E-state index < -0.39 is 0 Å². The first-order valence-electron chi connectivity index (χ1n) is 7.28. The summed E-state index contributed by atoms with van der Waals surface area (Å²) in [5.74, 6) is 1.68. The van der Waals surface area contributed by atoms with E-state index in [4.69, 9.17) is 4.52 Å². The van der Waals surface area contributed by atoms with Gasteiger partial charge in [0.2, 0.25) is 5.89 Å². The molecule has 6 nitrogen and oxygen atoms in total. The Bertz CT molecular complexity index is 908. The van der Waals surface area contributed by atoms with Crippen molar-refractivity contribution in [1.82, 2.24) is 19.7 Å². The summed E-state index contributed by atoms with van der Waals surface area (Å²) < 4.78 is 6.82. The van der Waals surface area contributed by atoms with Gasteiger partial charge in [-0.05, 0) is 12.1 Å². The van der Waals surface area contributed by atoms with Crippen LogP contribution in [0, 0.1) is 0 Å². The molecule has 7 heteroatoms. The lowest BCUT2D eigenvalue weighted by molar-refractivity contribution is 0.372. The molecule has 2 aromatic heterocycles. The van der Waals surface area contributed by atoms with E-state index in [2.05, 4.69) is 15.1 Å². The standard InChI is InChI=1S/C16H18N4O2S/c1-16(2,3)14-18-12(22-19-14)9-23-15-17-11-8-6-5-7-10(11)13(21)20(15)4/h5-8H,9H2,1-4H3. The van der Waals surface area contributed by atoms with Gasteiger partial charge in [-0.15, -0.1) is 0 Å². The van der Waals surface area contributed by atoms with Gasteiger partial charge in [-0.1, -0.05) is 49.8 Å². The van der Waals surface area contributed by atoms with Crippen LogP contribution in [0.1, 0.15) is 32.5 Å². The van der Waals surface area contributed by atoms with Crippen LogP contribution < -0.4 is 5.56 Å². The molecule has 0 atom stereocenters. The highest BCUT2D eigenvalue weighted by Crippen LogP contribution is 2.23. The maximum atomic E-state index is 12.4. The number of benzene rings is 1. The number of thioether (sulfide) groups is 1. The molecule has 0 N–H and O–H groups in total. The highest BCUT2D eigenvalue weighted by Gasteiger charge is 2.21. The van der Waals surface area contributed by atoms with Crippen LogP contribution in [0.15, 0.2) is 38.7 Å². The molecule has 0 unspecified atom stereocenters. The van der Waals surface area contributed by atoms with E-state index in [1.807, 2.05) is 39.0 Å². The molecule has 0 saturated heterocycles. The molecule has 3 aromatic rings. The van der Waals surface area contributed by atoms with E-state index in [0.717, 1.165) is 0 Å². The second-order valence-electron chi connectivity index (χ2n) is 6.33. The van der Waals surface area contributed by atoms with Crippen molar-refractivity contribution in [2.45, 2.75) is 37.1 Å². The first-order valence-corrected chi connectivity index (χ1v) is 8.26. The lowest BCUT2D eigenvalue weighted by atomic mass is 9.96. The van der Waals surface area contributed by atoms with Crippen molar-refractivity contribution < 1.29 is 4.52 Å². The molecule has 0 aliphatic heterocycles. The Labute approximate surface area is 137 Å². The lowest BCUT2D eigenvalue weighted by Gasteiger charge is -2.10. The van der Waals surface area contributed by atoms with Crippen LogP contribution in [0.3, 0.4) is 0 Å². The van der Waals surface area contributed by atoms with Gasteiger partial charge in [-0.2, -0.15) is 4.98 Å². The van der Waals surface area contributed by atoms with Crippen LogP contribution in [0.5, 0.6) is 0 Å². The van der Waals surface area contributed by atoms with Gasteiger partial charge >= 0.3 is 0 Å². The third kappa shape index (κ3) is 3.14. The van der Waals surface area contributed by atoms with Gasteiger partial charge in [-0.3, -0.25) is 9.36 Å². The van der Waals surface area contributed by atoms with Crippen molar-refractivity contribution in [2.24, 2.45) is 7.05 Å². The third-order valence-corrected chi connectivity index (χ3v) is 4.42. The largest absolute Gasteiger partial charge is 0.338 e. The van der Waals surface area contributed by atoms with Crippen LogP contribution in [-0.2, 0) is 18.2 Å². The minimum atomic E-state index is -0.152. The monoisotopic (exact) mass is 330 g/mol. The fourth-order valence-electron chi connectivity index (χ4n) is 2.07. The molecule has 0 aliphatic rings. The first-order chi connectivity index (χ1) is 10.9. The van der Waals surface area contributed by atoms with Gasteiger partial charge in [0.15, 0.2) is 11.0 Å². The van der Waals surface area contributed by atoms with Crippen LogP contribution in [0.2, 0.25) is 0 Å². The zero-order valence-corrected chi connectivity index (χ0v) is 14.3. The number of fused-ring (bicyclic) bond motifs is 1. The fraction of sp³-hybridized carbons (Fsp3) is 0.375. The zero-order chi connectivity index (χ0) is 16.6. The normalized spacial score (nSPS) is 12.0. The minimum Gasteiger partial charge on any atom is -0.338 e. The summed E-state index contributed by atoms with van der Waals surface area (Å²) in [6.45, 7) is 6.09. The smallest absolute Gasteiger partial charge is 0.261 e. The number of hydrogen-bond acceptors (Lipinski definition) is 6. The maximum absolute atomic E-state index is 12.4. The van der Waals surface area contributed by atoms with Crippen LogP contribution >= 0.6 is 11.8 Å². The molecule has 23 heavy (non-hydrogen) atoms. The molecule has 0 amide bonds. The summed E-state index contributed by atoms with van der Waals surface area (Å²) in [6, 6.07) is 7.33. The molecule has 120 valence electrons. The van der Waals surface area contributed by atoms with Crippen LogP contribution in [0.25, 0.3) is 10.9 Å². The second kappa shape index (κ2) is 5.81. The van der Waals surface area contributed by atoms with E-state index >= 15 is 0 Å². The van der Waals surface area contributed by atoms with E-state index in [1.54, 1.807) is 17.7 Å². The van der Waals surface area contributed by atoms with Gasteiger partial charge in [0.25, 0.3) is 5.56 Å². The topological polar surface area (TPSA) is 73.8 Å². The molecular weight excluding hydrogens is 312 g/mol. The summed E-state index contributed by atoms with van der Waals surface area (Å²) in [5.41, 5.74) is 0.485. The Morgan fingerprint density at radius 3 is 2.65 bits per heavy atom. The van der Waals surface area contributed by atoms with Gasteiger partial charge < -0.3 is 4.52 Å². The second-order valence-corrected chi connectivity index (χ2v) is 7.27. The van der Waals surface area contributed by atoms with E-state index in [9.17, 15) is 4.79 Å². The Morgan fingerprint density at radius 1 is 1.22 bits per heavy atom. The molecule has 0 fully saturated rings. The number of rotatable bonds is 3. The Morgan fingerprint density at radius 2 is 1.96 bits per heavy atom. The Hall–Kier alpha value is -2.15. The molecule has 1 aromatic carbocycles. The average Bonchev–Trinajstić information content (AvgIpc) is 2.99. The molecule has 0 saturated carbocycles. The summed E-state index contributed by atoms with van der Waals surface area (Å²) >= 11 is 1.41. The first kappa shape index (κ1) is 15.7. The average molecular weight is 330 g/mol. The van der Waals surface area contributed by atoms with Crippen molar-refractivity contribution in [3.05, 3.63) is 46.3 Å². The molecule has 0 bridgehead atoms. The molecule has 0 aliphatic carbocycles. The predicted molar refractivity (Wildman–Crippen MR) is 89.5 cm³/mol. The molecule has 3 rings (SSSR count). The predicted octanol–water partition coefficient (Wildman–Crippen LogP) is 2.91. The van der Waals surface area contributed by atoms with Gasteiger partial charge in [-0.25, -0.2) is 4.98 Å². The van der Waals surface area contributed by atoms with Crippen molar-refractivity contribution >= 4 is 22.7 Å². The van der Waals surface area contributed by atoms with Gasteiger partial charge in [0.05, 0.1) is 16.7 Å². The van der Waals surface area contributed by atoms with E-state index in [0.29, 0.717) is 33.5 Å². The van der Waals surface area contributed by atoms with Crippen molar-refractivity contribution in [2.75, 3.05) is 0 Å². The minimum absolute atomic E-state index is 0.0565. The van der Waals surface area contributed by atoms with Crippen molar-refractivity contribution in [3.8, 4) is 0 Å². The highest BCUT2D eigenvalue weighted by molar-refractivity contribution is 7.98. The van der Waals surface area contributed by atoms with Crippen LogP contribution in [-0.4, -0.2) is 19.7 Å². The zero-order valence-electron chi connectivity index (χ0n) is 13.5. The summed E-state index contributed by atoms with van der Waals surface area (Å²) in [7, 11) is 1.72. The number of hydrogen-bond donors (Lipinski definition) is 0. The van der Waals surface area contributed by atoms with Crippen molar-refractivity contribution in [1.29, 1.82) is 0 Å². The third-order valence-electron chi connectivity index (χ3n) is 3.41. The highest BCUT2D eigenvalue weighted by atomic mass is 32.2. The van der Waals surface area contributed by atoms with Gasteiger partial charge in [0, 0.05) is 12.5 Å². The van der Waals surface area contributed by atoms with Gasteiger partial charge in [0.1, 0.15) is 0 Å². The molecular formula is C16H18N4O2S. The van der Waals surface area contributed by atoms with E-state index in [-0.39, 0.29) is 11.0 Å². The summed E-state index contributed by atoms with van der Waals surface area (Å²) in [4.78, 5) is 21.3. The SMILES string of the molecule is Cn1c(SCc2nc(C(C)(C)C)no2)nc2ccccc2c1=O. The number of aromatic nitrogens is 4. The summed E-state index contributed by atoms with van der Waals surface area (Å²) in [6.07, 6.45) is 0. The Kier molecular flexibility index (Phi) is 3.97. The molecule has 2 heterocycles. The lowest BCUT2D eigenvalue weighted by Crippen LogP contribution is -2.19. The van der Waals surface area contributed by atoms with Crippen molar-refractivity contribution in [3.63, 3.8) is 0 Å².